The summed E-state index contributed by atoms with van der Waals surface area (Å²) >= 11 is 0. The fourth-order valence-corrected chi connectivity index (χ4v) is 2.72. The summed E-state index contributed by atoms with van der Waals surface area (Å²) in [5, 5.41) is 0. The number of nitrogens with zero attached hydrogens (tertiary/aromatic N) is 1. The van der Waals surface area contributed by atoms with Crippen LogP contribution in [0.25, 0.3) is 0 Å². The number of ether oxygens (including phenoxy) is 1. The maximum atomic E-state index is 13.4. The Balaban J connectivity index is 0.00000264. The minimum Gasteiger partial charge on any atom is -0.491 e. The lowest BCUT2D eigenvalue weighted by molar-refractivity contribution is -0.134. The first-order valence-corrected chi connectivity index (χ1v) is 7.69. The Hall–Kier alpha value is -1.40. The number of hydrogen-bond acceptors (Lipinski definition) is 3. The van der Waals surface area contributed by atoms with Gasteiger partial charge in [0.25, 0.3) is 0 Å². The van der Waals surface area contributed by atoms with E-state index < -0.39 is 11.6 Å². The number of hydrogen-bond donors (Lipinski definition) is 1. The van der Waals surface area contributed by atoms with Gasteiger partial charge in [-0.2, -0.15) is 0 Å². The Labute approximate surface area is 141 Å². The lowest BCUT2D eigenvalue weighted by atomic mass is 10.0. The van der Waals surface area contributed by atoms with Crippen molar-refractivity contribution < 1.29 is 18.3 Å². The third kappa shape index (κ3) is 5.62. The Morgan fingerprint density at radius 2 is 2.13 bits per heavy atom. The molecule has 1 unspecified atom stereocenters. The first-order chi connectivity index (χ1) is 10.6. The van der Waals surface area contributed by atoms with Crippen molar-refractivity contribution in [3.63, 3.8) is 0 Å². The fourth-order valence-electron chi connectivity index (χ4n) is 2.72. The van der Waals surface area contributed by atoms with Gasteiger partial charge in [0.1, 0.15) is 5.82 Å². The molecule has 2 rings (SSSR count). The summed E-state index contributed by atoms with van der Waals surface area (Å²) in [5.41, 5.74) is 5.70. The van der Waals surface area contributed by atoms with Gasteiger partial charge >= 0.3 is 0 Å². The van der Waals surface area contributed by atoms with Crippen molar-refractivity contribution in [3.8, 4) is 5.75 Å². The zero-order valence-corrected chi connectivity index (χ0v) is 13.8. The van der Waals surface area contributed by atoms with Crippen molar-refractivity contribution in [1.29, 1.82) is 0 Å². The van der Waals surface area contributed by atoms with E-state index in [1.54, 1.807) is 0 Å². The van der Waals surface area contributed by atoms with Gasteiger partial charge in [0.05, 0.1) is 6.61 Å². The maximum absolute atomic E-state index is 13.4. The van der Waals surface area contributed by atoms with Crippen LogP contribution in [0.4, 0.5) is 8.78 Å². The average molecular weight is 349 g/mol. The second-order valence-corrected chi connectivity index (χ2v) is 5.50. The van der Waals surface area contributed by atoms with Crippen molar-refractivity contribution >= 4 is 18.3 Å². The van der Waals surface area contributed by atoms with Gasteiger partial charge < -0.3 is 15.4 Å². The molecule has 1 fully saturated rings. The molecule has 0 radical (unpaired) electrons. The first kappa shape index (κ1) is 19.6. The SMILES string of the molecule is Cl.NCC1CCCCN1C(=O)CCCOc1ccc(F)cc1F. The van der Waals surface area contributed by atoms with E-state index in [0.29, 0.717) is 19.4 Å². The highest BCUT2D eigenvalue weighted by Crippen LogP contribution is 2.19. The molecule has 1 aliphatic rings. The van der Waals surface area contributed by atoms with Crippen LogP contribution in [-0.2, 0) is 4.79 Å². The number of carbonyl (C=O) groups is 1. The minimum atomic E-state index is -0.731. The lowest BCUT2D eigenvalue weighted by Gasteiger charge is -2.35. The molecule has 1 atom stereocenters. The zero-order valence-electron chi connectivity index (χ0n) is 13.0. The van der Waals surface area contributed by atoms with Crippen LogP contribution in [0.3, 0.4) is 0 Å². The molecule has 2 N–H and O–H groups in total. The van der Waals surface area contributed by atoms with Gasteiger partial charge in [-0.05, 0) is 37.8 Å². The molecule has 0 aliphatic carbocycles. The molecule has 1 saturated heterocycles. The summed E-state index contributed by atoms with van der Waals surface area (Å²) in [7, 11) is 0. The summed E-state index contributed by atoms with van der Waals surface area (Å²) in [6.45, 7) is 1.46. The highest BCUT2D eigenvalue weighted by molar-refractivity contribution is 5.85. The van der Waals surface area contributed by atoms with E-state index in [-0.39, 0.29) is 36.7 Å². The molecule has 1 amide bonds. The second kappa shape index (κ2) is 9.67. The van der Waals surface area contributed by atoms with Crippen molar-refractivity contribution in [1.82, 2.24) is 4.90 Å². The van der Waals surface area contributed by atoms with Gasteiger partial charge in [-0.1, -0.05) is 0 Å². The summed E-state index contributed by atoms with van der Waals surface area (Å²) in [5.74, 6) is -1.30. The monoisotopic (exact) mass is 348 g/mol. The molecule has 130 valence electrons. The molecule has 23 heavy (non-hydrogen) atoms. The normalized spacial score (nSPS) is 17.5. The number of likely N-dealkylation sites (tertiary alicyclic amines) is 1. The Kier molecular flexibility index (Phi) is 8.26. The van der Waals surface area contributed by atoms with Gasteiger partial charge in [-0.25, -0.2) is 8.78 Å². The summed E-state index contributed by atoms with van der Waals surface area (Å²) < 4.78 is 31.4. The number of rotatable bonds is 6. The van der Waals surface area contributed by atoms with Crippen LogP contribution in [0.1, 0.15) is 32.1 Å². The van der Waals surface area contributed by atoms with Gasteiger partial charge in [0.15, 0.2) is 11.6 Å². The fraction of sp³-hybridized carbons (Fsp3) is 0.562. The topological polar surface area (TPSA) is 55.6 Å². The average Bonchev–Trinajstić information content (AvgIpc) is 2.53. The molecule has 0 aromatic heterocycles. The van der Waals surface area contributed by atoms with E-state index in [0.717, 1.165) is 37.9 Å². The van der Waals surface area contributed by atoms with Crippen LogP contribution in [0, 0.1) is 11.6 Å². The Morgan fingerprint density at radius 1 is 1.35 bits per heavy atom. The van der Waals surface area contributed by atoms with E-state index in [1.165, 1.54) is 6.07 Å². The smallest absolute Gasteiger partial charge is 0.222 e. The maximum Gasteiger partial charge on any atom is 0.222 e. The van der Waals surface area contributed by atoms with Crippen LogP contribution in [0.2, 0.25) is 0 Å². The molecule has 1 aromatic rings. The Morgan fingerprint density at radius 3 is 2.83 bits per heavy atom. The number of benzene rings is 1. The number of halogens is 3. The van der Waals surface area contributed by atoms with Crippen LogP contribution < -0.4 is 10.5 Å². The van der Waals surface area contributed by atoms with Crippen molar-refractivity contribution in [2.45, 2.75) is 38.1 Å². The molecule has 1 aliphatic heterocycles. The second-order valence-electron chi connectivity index (χ2n) is 5.50. The van der Waals surface area contributed by atoms with E-state index in [9.17, 15) is 13.6 Å². The van der Waals surface area contributed by atoms with Crippen molar-refractivity contribution in [2.24, 2.45) is 5.73 Å². The van der Waals surface area contributed by atoms with Crippen LogP contribution in [0.15, 0.2) is 18.2 Å². The third-order valence-corrected chi connectivity index (χ3v) is 3.91. The molecule has 0 spiro atoms. The van der Waals surface area contributed by atoms with E-state index >= 15 is 0 Å². The predicted molar refractivity (Wildman–Crippen MR) is 86.7 cm³/mol. The molecule has 1 heterocycles. The van der Waals surface area contributed by atoms with Crippen molar-refractivity contribution in [2.75, 3.05) is 19.7 Å². The highest BCUT2D eigenvalue weighted by atomic mass is 35.5. The summed E-state index contributed by atoms with van der Waals surface area (Å²) in [6.07, 6.45) is 3.92. The van der Waals surface area contributed by atoms with Gasteiger partial charge in [0.2, 0.25) is 5.91 Å². The standard InChI is InChI=1S/C16H22F2N2O2.ClH/c17-12-6-7-15(14(18)10-12)22-9-3-5-16(21)20-8-2-1-4-13(20)11-19;/h6-7,10,13H,1-5,8-9,11,19H2;1H. The number of nitrogens with two attached hydrogens (primary N) is 1. The number of piperidine rings is 1. The van der Waals surface area contributed by atoms with Crippen LogP contribution in [-0.4, -0.2) is 36.5 Å². The molecular weight excluding hydrogens is 326 g/mol. The third-order valence-electron chi connectivity index (χ3n) is 3.91. The molecule has 0 bridgehead atoms. The summed E-state index contributed by atoms with van der Waals surface area (Å²) in [4.78, 5) is 14.0. The first-order valence-electron chi connectivity index (χ1n) is 7.69. The number of carbonyl (C=O) groups excluding carboxylic acids is 1. The van der Waals surface area contributed by atoms with E-state index in [1.807, 2.05) is 4.90 Å². The van der Waals surface area contributed by atoms with E-state index in [2.05, 4.69) is 0 Å². The van der Waals surface area contributed by atoms with Gasteiger partial charge in [-0.3, -0.25) is 4.79 Å². The number of amides is 1. The predicted octanol–water partition coefficient (Wildman–Crippen LogP) is 2.89. The molecule has 0 saturated carbocycles. The quantitative estimate of drug-likeness (QED) is 0.804. The summed E-state index contributed by atoms with van der Waals surface area (Å²) in [6, 6.07) is 3.31. The van der Waals surface area contributed by atoms with Crippen LogP contribution >= 0.6 is 12.4 Å². The van der Waals surface area contributed by atoms with Gasteiger partial charge in [-0.15, -0.1) is 12.4 Å². The van der Waals surface area contributed by atoms with Crippen LogP contribution in [0.5, 0.6) is 5.75 Å². The molecule has 1 aromatic carbocycles. The zero-order chi connectivity index (χ0) is 15.9. The van der Waals surface area contributed by atoms with Gasteiger partial charge in [0, 0.05) is 31.6 Å². The largest absolute Gasteiger partial charge is 0.491 e. The van der Waals surface area contributed by atoms with E-state index in [4.69, 9.17) is 10.5 Å². The minimum absolute atomic E-state index is 0. The van der Waals surface area contributed by atoms with Crippen molar-refractivity contribution in [3.05, 3.63) is 29.8 Å². The molecular formula is C16H23ClF2N2O2. The highest BCUT2D eigenvalue weighted by Gasteiger charge is 2.24. The molecule has 7 heteroatoms. The molecule has 4 nitrogen and oxygen atoms in total. The lowest BCUT2D eigenvalue weighted by Crippen LogP contribution is -2.47. The Bertz CT molecular complexity index is 517.